The lowest BCUT2D eigenvalue weighted by Gasteiger charge is -2.17. The first-order valence-electron chi connectivity index (χ1n) is 15.3. The third kappa shape index (κ3) is 18.5. The Morgan fingerprint density at radius 1 is 0.750 bits per heavy atom. The van der Waals surface area contributed by atoms with Gasteiger partial charge in [-0.05, 0) is 69.8 Å². The molecule has 0 aliphatic carbocycles. The molecule has 0 spiro atoms. The van der Waals surface area contributed by atoms with Crippen LogP contribution < -0.4 is 15.4 Å². The molecular formula is C32H56N2O6. The van der Waals surface area contributed by atoms with E-state index < -0.39 is 0 Å². The standard InChI is InChI=1S/C32H56N2O6/c1-6-26(3)31(35)24-29-12-14-30(15-13-29)40-19-17-34-28(5)11-10-27(4)32(36)25-39-23-22-38-21-20-37-18-9-8-16-33-7-2/h12-15,26-28,33-34H,6-11,16-25H2,1-5H3. The molecule has 0 saturated carbocycles. The molecule has 0 saturated heterocycles. The van der Waals surface area contributed by atoms with E-state index in [1.807, 2.05) is 45.0 Å². The first-order chi connectivity index (χ1) is 19.4. The third-order valence-electron chi connectivity index (χ3n) is 7.04. The van der Waals surface area contributed by atoms with Crippen LogP contribution in [0.5, 0.6) is 5.75 Å². The maximum Gasteiger partial charge on any atom is 0.161 e. The molecule has 1 aromatic rings. The van der Waals surface area contributed by atoms with Crippen LogP contribution in [-0.2, 0) is 30.2 Å². The second-order valence-electron chi connectivity index (χ2n) is 10.6. The summed E-state index contributed by atoms with van der Waals surface area (Å²) in [7, 11) is 0. The molecule has 2 N–H and O–H groups in total. The lowest BCUT2D eigenvalue weighted by atomic mass is 9.97. The number of benzene rings is 1. The maximum atomic E-state index is 12.4. The molecule has 0 aliphatic heterocycles. The second kappa shape index (κ2) is 23.8. The summed E-state index contributed by atoms with van der Waals surface area (Å²) < 4.78 is 22.4. The predicted octanol–water partition coefficient (Wildman–Crippen LogP) is 4.63. The number of carbonyl (C=O) groups excluding carboxylic acids is 2. The number of rotatable bonds is 27. The zero-order chi connectivity index (χ0) is 29.4. The number of Topliss-reactive ketones (excluding diaryl/α,β-unsaturated/α-hetero) is 2. The molecule has 0 heterocycles. The highest BCUT2D eigenvalue weighted by atomic mass is 16.5. The maximum absolute atomic E-state index is 12.4. The number of carbonyl (C=O) groups is 2. The van der Waals surface area contributed by atoms with E-state index in [0.717, 1.165) is 69.7 Å². The van der Waals surface area contributed by atoms with E-state index in [4.69, 9.17) is 18.9 Å². The fourth-order valence-electron chi connectivity index (χ4n) is 3.93. The van der Waals surface area contributed by atoms with Crippen LogP contribution in [-0.4, -0.2) is 83.5 Å². The monoisotopic (exact) mass is 564 g/mol. The van der Waals surface area contributed by atoms with Crippen molar-refractivity contribution in [2.24, 2.45) is 11.8 Å². The van der Waals surface area contributed by atoms with Crippen molar-refractivity contribution in [3.05, 3.63) is 29.8 Å². The molecule has 8 heteroatoms. The summed E-state index contributed by atoms with van der Waals surface area (Å²) >= 11 is 0. The summed E-state index contributed by atoms with van der Waals surface area (Å²) in [6.07, 6.45) is 5.25. The molecule has 1 rings (SSSR count). The van der Waals surface area contributed by atoms with Gasteiger partial charge in [-0.3, -0.25) is 9.59 Å². The molecule has 8 nitrogen and oxygen atoms in total. The number of nitrogens with one attached hydrogen (secondary N) is 2. The molecule has 40 heavy (non-hydrogen) atoms. The van der Waals surface area contributed by atoms with Gasteiger partial charge in [0.05, 0.1) is 26.4 Å². The van der Waals surface area contributed by atoms with E-state index in [0.29, 0.717) is 39.5 Å². The fourth-order valence-corrected chi connectivity index (χ4v) is 3.93. The Kier molecular flexibility index (Phi) is 21.6. The number of ketones is 2. The van der Waals surface area contributed by atoms with Gasteiger partial charge < -0.3 is 29.6 Å². The Morgan fingerprint density at radius 2 is 1.43 bits per heavy atom. The van der Waals surface area contributed by atoms with Crippen molar-refractivity contribution in [3.8, 4) is 5.75 Å². The van der Waals surface area contributed by atoms with Gasteiger partial charge in [0.25, 0.3) is 0 Å². The Hall–Kier alpha value is -1.84. The van der Waals surface area contributed by atoms with Gasteiger partial charge in [0.1, 0.15) is 24.7 Å². The van der Waals surface area contributed by atoms with Crippen molar-refractivity contribution in [3.63, 3.8) is 0 Å². The van der Waals surface area contributed by atoms with Crippen LogP contribution in [0.25, 0.3) is 0 Å². The van der Waals surface area contributed by atoms with Gasteiger partial charge in [0.15, 0.2) is 5.78 Å². The summed E-state index contributed by atoms with van der Waals surface area (Å²) in [5.74, 6) is 1.28. The molecule has 0 amide bonds. The number of unbranched alkanes of at least 4 members (excludes halogenated alkanes) is 1. The first kappa shape index (κ1) is 36.2. The highest BCUT2D eigenvalue weighted by Crippen LogP contribution is 2.15. The number of hydrogen-bond acceptors (Lipinski definition) is 8. The highest BCUT2D eigenvalue weighted by Gasteiger charge is 2.15. The minimum atomic E-state index is -0.0342. The van der Waals surface area contributed by atoms with Crippen molar-refractivity contribution in [2.75, 3.05) is 65.9 Å². The molecule has 0 radical (unpaired) electrons. The minimum absolute atomic E-state index is 0.0342. The molecule has 230 valence electrons. The second-order valence-corrected chi connectivity index (χ2v) is 10.6. The lowest BCUT2D eigenvalue weighted by molar-refractivity contribution is -0.128. The third-order valence-corrected chi connectivity index (χ3v) is 7.04. The van der Waals surface area contributed by atoms with Crippen LogP contribution in [0.1, 0.15) is 72.3 Å². The Bertz CT molecular complexity index is 773. The Balaban J connectivity index is 2.01. The van der Waals surface area contributed by atoms with Crippen molar-refractivity contribution in [2.45, 2.75) is 79.2 Å². The first-order valence-corrected chi connectivity index (χ1v) is 15.3. The number of ether oxygens (including phenoxy) is 4. The van der Waals surface area contributed by atoms with Crippen molar-refractivity contribution in [1.82, 2.24) is 10.6 Å². The Labute approximate surface area is 243 Å². The summed E-state index contributed by atoms with van der Waals surface area (Å²) in [6.45, 7) is 16.5. The molecule has 3 unspecified atom stereocenters. The van der Waals surface area contributed by atoms with Gasteiger partial charge in [-0.15, -0.1) is 0 Å². The molecular weight excluding hydrogens is 508 g/mol. The summed E-state index contributed by atoms with van der Waals surface area (Å²) in [4.78, 5) is 24.5. The lowest BCUT2D eigenvalue weighted by Crippen LogP contribution is -2.31. The average molecular weight is 565 g/mol. The Morgan fingerprint density at radius 3 is 2.10 bits per heavy atom. The van der Waals surface area contributed by atoms with Gasteiger partial charge in [0.2, 0.25) is 0 Å². The molecule has 0 aliphatic rings. The van der Waals surface area contributed by atoms with E-state index in [1.54, 1.807) is 0 Å². The highest BCUT2D eigenvalue weighted by molar-refractivity contribution is 5.83. The molecule has 0 bridgehead atoms. The minimum Gasteiger partial charge on any atom is -0.492 e. The van der Waals surface area contributed by atoms with Crippen LogP contribution in [0.3, 0.4) is 0 Å². The van der Waals surface area contributed by atoms with Crippen molar-refractivity contribution >= 4 is 11.6 Å². The van der Waals surface area contributed by atoms with Crippen LogP contribution >= 0.6 is 0 Å². The summed E-state index contributed by atoms with van der Waals surface area (Å²) in [5.41, 5.74) is 1.02. The van der Waals surface area contributed by atoms with Crippen LogP contribution in [0, 0.1) is 11.8 Å². The average Bonchev–Trinajstić information content (AvgIpc) is 2.96. The van der Waals surface area contributed by atoms with Gasteiger partial charge in [-0.1, -0.05) is 39.8 Å². The smallest absolute Gasteiger partial charge is 0.161 e. The normalized spacial score (nSPS) is 13.6. The molecule has 0 fully saturated rings. The van der Waals surface area contributed by atoms with E-state index >= 15 is 0 Å². The topological polar surface area (TPSA) is 95.1 Å². The largest absolute Gasteiger partial charge is 0.492 e. The van der Waals surface area contributed by atoms with Gasteiger partial charge in [0, 0.05) is 37.5 Å². The molecule has 3 atom stereocenters. The zero-order valence-corrected chi connectivity index (χ0v) is 25.8. The fraction of sp³-hybridized carbons (Fsp3) is 0.750. The van der Waals surface area contributed by atoms with E-state index in [1.165, 1.54) is 0 Å². The van der Waals surface area contributed by atoms with Gasteiger partial charge >= 0.3 is 0 Å². The van der Waals surface area contributed by atoms with E-state index in [9.17, 15) is 9.59 Å². The van der Waals surface area contributed by atoms with E-state index in [-0.39, 0.29) is 36.1 Å². The van der Waals surface area contributed by atoms with Crippen LogP contribution in [0.15, 0.2) is 24.3 Å². The predicted molar refractivity (Wildman–Crippen MR) is 161 cm³/mol. The summed E-state index contributed by atoms with van der Waals surface area (Å²) in [6, 6.07) is 8.07. The quantitative estimate of drug-likeness (QED) is 0.149. The summed E-state index contributed by atoms with van der Waals surface area (Å²) in [5, 5.41) is 6.75. The molecule has 1 aromatic carbocycles. The van der Waals surface area contributed by atoms with Crippen LogP contribution in [0.4, 0.5) is 0 Å². The van der Waals surface area contributed by atoms with Crippen molar-refractivity contribution < 1.29 is 28.5 Å². The SMILES string of the molecule is CCNCCCCOCCOCCOCC(=O)C(C)CCC(C)NCCOc1ccc(CC(=O)C(C)CC)cc1. The van der Waals surface area contributed by atoms with Crippen molar-refractivity contribution in [1.29, 1.82) is 0 Å². The van der Waals surface area contributed by atoms with Gasteiger partial charge in [-0.25, -0.2) is 0 Å². The number of hydrogen-bond donors (Lipinski definition) is 2. The zero-order valence-electron chi connectivity index (χ0n) is 25.8. The van der Waals surface area contributed by atoms with Gasteiger partial charge in [-0.2, -0.15) is 0 Å². The van der Waals surface area contributed by atoms with Crippen LogP contribution in [0.2, 0.25) is 0 Å². The molecule has 0 aromatic heterocycles. The van der Waals surface area contributed by atoms with E-state index in [2.05, 4.69) is 24.5 Å².